The van der Waals surface area contributed by atoms with Crippen LogP contribution in [0.2, 0.25) is 0 Å². The zero-order valence-corrected chi connectivity index (χ0v) is 16.1. The molecule has 1 spiro atoms. The molecule has 2 atom stereocenters. The van der Waals surface area contributed by atoms with Gasteiger partial charge < -0.3 is 9.47 Å². The van der Waals surface area contributed by atoms with Crippen molar-refractivity contribution in [2.24, 2.45) is 5.41 Å². The zero-order valence-electron chi connectivity index (χ0n) is 16.1. The van der Waals surface area contributed by atoms with E-state index in [0.717, 1.165) is 26.4 Å². The molecule has 4 aliphatic rings. The molecule has 0 amide bonds. The number of ether oxygens (including phenoxy) is 2. The predicted molar refractivity (Wildman–Crippen MR) is 96.3 cm³/mol. The Morgan fingerprint density at radius 3 is 2.17 bits per heavy atom. The summed E-state index contributed by atoms with van der Waals surface area (Å²) in [7, 11) is 0. The van der Waals surface area contributed by atoms with Crippen molar-refractivity contribution in [3.05, 3.63) is 0 Å². The number of hydrogen-bond acceptors (Lipinski definition) is 4. The zero-order chi connectivity index (χ0) is 17.0. The first-order valence-electron chi connectivity index (χ1n) is 10.0. The van der Waals surface area contributed by atoms with Crippen LogP contribution in [-0.4, -0.2) is 72.5 Å². The Morgan fingerprint density at radius 1 is 1.00 bits per heavy atom. The molecule has 4 fully saturated rings. The Hall–Kier alpha value is -0.160. The number of hydrogen-bond donors (Lipinski definition) is 0. The second-order valence-electron chi connectivity index (χ2n) is 10.1. The van der Waals surface area contributed by atoms with Crippen LogP contribution in [0.5, 0.6) is 0 Å². The predicted octanol–water partition coefficient (Wildman–Crippen LogP) is 2.91. The average Bonchev–Trinajstić information content (AvgIpc) is 3.15. The van der Waals surface area contributed by atoms with Crippen molar-refractivity contribution in [1.82, 2.24) is 9.80 Å². The van der Waals surface area contributed by atoms with Crippen LogP contribution in [0.15, 0.2) is 0 Å². The van der Waals surface area contributed by atoms with Crippen molar-refractivity contribution in [2.45, 2.75) is 83.0 Å². The summed E-state index contributed by atoms with van der Waals surface area (Å²) in [5.41, 5.74) is 1.14. The van der Waals surface area contributed by atoms with E-state index in [1.165, 1.54) is 45.2 Å². The normalized spacial score (nSPS) is 34.0. The second kappa shape index (κ2) is 5.94. The lowest BCUT2D eigenvalue weighted by atomic mass is 9.75. The number of morpholine rings is 1. The topological polar surface area (TPSA) is 24.9 Å². The number of fused-ring (bicyclic) bond motifs is 2. The molecule has 0 aliphatic carbocycles. The lowest BCUT2D eigenvalue weighted by molar-refractivity contribution is -0.147. The van der Waals surface area contributed by atoms with Crippen LogP contribution in [0.4, 0.5) is 0 Å². The Labute approximate surface area is 147 Å². The summed E-state index contributed by atoms with van der Waals surface area (Å²) in [6.07, 6.45) is 6.96. The molecule has 4 saturated heterocycles. The van der Waals surface area contributed by atoms with Gasteiger partial charge in [0.05, 0.1) is 25.9 Å². The standard InChI is InChI=1S/C20H36N2O2/c1-18(2,21-9-7-20(8-10-21)14-23-15-20)5-6-19(3,4)22-12-17-11-16(22)13-24-17/h16-17H,5-15H2,1-4H3/t16-,17-/m0/s1. The van der Waals surface area contributed by atoms with E-state index in [0.29, 0.717) is 28.6 Å². The van der Waals surface area contributed by atoms with Gasteiger partial charge in [-0.15, -0.1) is 0 Å². The van der Waals surface area contributed by atoms with Gasteiger partial charge in [0, 0.05) is 29.1 Å². The van der Waals surface area contributed by atoms with Crippen molar-refractivity contribution in [3.8, 4) is 0 Å². The first-order valence-corrected chi connectivity index (χ1v) is 10.0. The number of rotatable bonds is 5. The lowest BCUT2D eigenvalue weighted by Gasteiger charge is -2.52. The molecule has 4 heteroatoms. The minimum atomic E-state index is 0.291. The summed E-state index contributed by atoms with van der Waals surface area (Å²) in [6.45, 7) is 16.4. The number of nitrogens with zero attached hydrogens (tertiary/aromatic N) is 2. The molecule has 138 valence electrons. The monoisotopic (exact) mass is 336 g/mol. The van der Waals surface area contributed by atoms with E-state index in [2.05, 4.69) is 37.5 Å². The molecule has 24 heavy (non-hydrogen) atoms. The fourth-order valence-corrected chi connectivity index (χ4v) is 5.32. The van der Waals surface area contributed by atoms with Crippen LogP contribution < -0.4 is 0 Å². The van der Waals surface area contributed by atoms with E-state index in [-0.39, 0.29) is 0 Å². The van der Waals surface area contributed by atoms with Crippen molar-refractivity contribution in [3.63, 3.8) is 0 Å². The summed E-state index contributed by atoms with van der Waals surface area (Å²) >= 11 is 0. The van der Waals surface area contributed by atoms with Crippen molar-refractivity contribution in [2.75, 3.05) is 39.5 Å². The molecule has 4 nitrogen and oxygen atoms in total. The molecule has 0 aromatic carbocycles. The number of likely N-dealkylation sites (tertiary alicyclic amines) is 2. The molecule has 0 saturated carbocycles. The minimum absolute atomic E-state index is 0.291. The molecule has 4 aliphatic heterocycles. The first kappa shape index (κ1) is 17.3. The van der Waals surface area contributed by atoms with Gasteiger partial charge in [-0.05, 0) is 72.9 Å². The molecule has 0 aromatic rings. The summed E-state index contributed by atoms with van der Waals surface area (Å²) in [5.74, 6) is 0. The SMILES string of the molecule is CC(C)(CCC(C)(C)N1C[C@@H]2C[C@H]1CO2)N1CCC2(CC1)COC2. The summed E-state index contributed by atoms with van der Waals surface area (Å²) < 4.78 is 11.3. The lowest BCUT2D eigenvalue weighted by Crippen LogP contribution is -2.56. The third-order valence-electron chi connectivity index (χ3n) is 7.52. The average molecular weight is 337 g/mol. The third kappa shape index (κ3) is 3.04. The molecule has 4 rings (SSSR count). The van der Waals surface area contributed by atoms with Gasteiger partial charge in [0.2, 0.25) is 0 Å². The highest BCUT2D eigenvalue weighted by molar-refractivity contribution is 5.00. The molecule has 0 unspecified atom stereocenters. The maximum absolute atomic E-state index is 5.79. The first-order chi connectivity index (χ1) is 11.3. The Morgan fingerprint density at radius 2 is 1.67 bits per heavy atom. The Kier molecular flexibility index (Phi) is 4.27. The van der Waals surface area contributed by atoms with Gasteiger partial charge in [-0.25, -0.2) is 0 Å². The number of piperidine rings is 1. The van der Waals surface area contributed by atoms with Gasteiger partial charge in [-0.2, -0.15) is 0 Å². The van der Waals surface area contributed by atoms with E-state index in [9.17, 15) is 0 Å². The van der Waals surface area contributed by atoms with E-state index < -0.39 is 0 Å². The maximum Gasteiger partial charge on any atom is 0.0718 e. The molecule has 2 bridgehead atoms. The van der Waals surface area contributed by atoms with Gasteiger partial charge in [0.25, 0.3) is 0 Å². The molecule has 0 aromatic heterocycles. The van der Waals surface area contributed by atoms with Gasteiger partial charge in [-0.3, -0.25) is 9.80 Å². The summed E-state index contributed by atoms with van der Waals surface area (Å²) in [5, 5.41) is 0. The van der Waals surface area contributed by atoms with Crippen LogP contribution in [0.1, 0.15) is 59.8 Å². The minimum Gasteiger partial charge on any atom is -0.380 e. The van der Waals surface area contributed by atoms with Crippen molar-refractivity contribution < 1.29 is 9.47 Å². The highest BCUT2D eigenvalue weighted by Gasteiger charge is 2.47. The highest BCUT2D eigenvalue weighted by Crippen LogP contribution is 2.42. The Balaban J connectivity index is 1.31. The fourth-order valence-electron chi connectivity index (χ4n) is 5.32. The smallest absolute Gasteiger partial charge is 0.0718 e. The summed E-state index contributed by atoms with van der Waals surface area (Å²) in [6, 6.07) is 0.668. The van der Waals surface area contributed by atoms with E-state index >= 15 is 0 Å². The van der Waals surface area contributed by atoms with E-state index in [1.807, 2.05) is 0 Å². The quantitative estimate of drug-likeness (QED) is 0.771. The van der Waals surface area contributed by atoms with Crippen LogP contribution in [-0.2, 0) is 9.47 Å². The van der Waals surface area contributed by atoms with Crippen LogP contribution in [0, 0.1) is 5.41 Å². The van der Waals surface area contributed by atoms with E-state index in [1.54, 1.807) is 0 Å². The maximum atomic E-state index is 5.79. The fraction of sp³-hybridized carbons (Fsp3) is 1.00. The summed E-state index contributed by atoms with van der Waals surface area (Å²) in [4.78, 5) is 5.47. The molecular weight excluding hydrogens is 300 g/mol. The van der Waals surface area contributed by atoms with Gasteiger partial charge in [0.15, 0.2) is 0 Å². The molecule has 4 heterocycles. The molecule has 0 N–H and O–H groups in total. The molecular formula is C20H36N2O2. The van der Waals surface area contributed by atoms with Gasteiger partial charge in [-0.1, -0.05) is 0 Å². The van der Waals surface area contributed by atoms with Crippen molar-refractivity contribution >= 4 is 0 Å². The van der Waals surface area contributed by atoms with Gasteiger partial charge >= 0.3 is 0 Å². The van der Waals surface area contributed by atoms with Crippen LogP contribution >= 0.6 is 0 Å². The van der Waals surface area contributed by atoms with Crippen LogP contribution in [0.25, 0.3) is 0 Å². The van der Waals surface area contributed by atoms with Crippen LogP contribution in [0.3, 0.4) is 0 Å². The highest BCUT2D eigenvalue weighted by atomic mass is 16.5. The van der Waals surface area contributed by atoms with Gasteiger partial charge in [0.1, 0.15) is 0 Å². The second-order valence-corrected chi connectivity index (χ2v) is 10.1. The Bertz CT molecular complexity index is 462. The van der Waals surface area contributed by atoms with Crippen molar-refractivity contribution in [1.29, 1.82) is 0 Å². The molecule has 0 radical (unpaired) electrons. The van der Waals surface area contributed by atoms with E-state index in [4.69, 9.17) is 9.47 Å². The third-order valence-corrected chi connectivity index (χ3v) is 7.52. The largest absolute Gasteiger partial charge is 0.380 e.